The van der Waals surface area contributed by atoms with Gasteiger partial charge in [0.2, 0.25) is 0 Å². The van der Waals surface area contributed by atoms with Crippen LogP contribution < -0.4 is 0 Å². The van der Waals surface area contributed by atoms with Gasteiger partial charge in [-0.1, -0.05) is 30.3 Å². The molecule has 2 aromatic carbocycles. The number of aryl methyl sites for hydroxylation is 1. The first-order valence-corrected chi connectivity index (χ1v) is 5.87. The van der Waals surface area contributed by atoms with Gasteiger partial charge in [-0.2, -0.15) is 0 Å². The normalized spacial score (nSPS) is 17.0. The zero-order valence-electron chi connectivity index (χ0n) is 9.73. The predicted octanol–water partition coefficient (Wildman–Crippen LogP) is 3.26. The number of hydrogen-bond donors (Lipinski definition) is 1. The lowest BCUT2D eigenvalue weighted by atomic mass is 9.93. The minimum absolute atomic E-state index is 0.599. The Balaban J connectivity index is 2.18. The molecule has 0 atom stereocenters. The highest BCUT2D eigenvalue weighted by molar-refractivity contribution is 5.90. The van der Waals surface area contributed by atoms with Gasteiger partial charge in [0.05, 0.1) is 5.41 Å². The molecule has 17 heavy (non-hydrogen) atoms. The number of carboxylic acid groups (broad SMARTS) is 1. The number of aliphatic carboxylic acids is 1. The van der Waals surface area contributed by atoms with Gasteiger partial charge in [0.15, 0.2) is 0 Å². The van der Waals surface area contributed by atoms with Crippen LogP contribution in [-0.2, 0) is 10.2 Å². The van der Waals surface area contributed by atoms with E-state index < -0.39 is 11.4 Å². The highest BCUT2D eigenvalue weighted by Crippen LogP contribution is 2.48. The summed E-state index contributed by atoms with van der Waals surface area (Å²) < 4.78 is 0. The first kappa shape index (κ1) is 10.3. The van der Waals surface area contributed by atoms with Crippen molar-refractivity contribution in [3.8, 4) is 0 Å². The summed E-state index contributed by atoms with van der Waals surface area (Å²) in [6, 6.07) is 12.2. The van der Waals surface area contributed by atoms with E-state index in [-0.39, 0.29) is 0 Å². The summed E-state index contributed by atoms with van der Waals surface area (Å²) in [5.74, 6) is -0.690. The first-order chi connectivity index (χ1) is 8.13. The summed E-state index contributed by atoms with van der Waals surface area (Å²) in [4.78, 5) is 11.3. The maximum absolute atomic E-state index is 11.3. The topological polar surface area (TPSA) is 37.3 Å². The Morgan fingerprint density at radius 2 is 2.00 bits per heavy atom. The molecule has 1 fully saturated rings. The molecule has 1 aliphatic rings. The van der Waals surface area contributed by atoms with Crippen LogP contribution in [0.1, 0.15) is 24.0 Å². The van der Waals surface area contributed by atoms with Gasteiger partial charge in [0, 0.05) is 0 Å². The van der Waals surface area contributed by atoms with Crippen molar-refractivity contribution in [2.24, 2.45) is 0 Å². The van der Waals surface area contributed by atoms with Gasteiger partial charge in [-0.15, -0.1) is 0 Å². The second-order valence-corrected chi connectivity index (χ2v) is 4.90. The van der Waals surface area contributed by atoms with Gasteiger partial charge in [-0.25, -0.2) is 0 Å². The van der Waals surface area contributed by atoms with Gasteiger partial charge in [-0.3, -0.25) is 4.79 Å². The number of carbonyl (C=O) groups is 1. The molecule has 0 heterocycles. The minimum Gasteiger partial charge on any atom is -0.481 e. The molecule has 86 valence electrons. The van der Waals surface area contributed by atoms with Crippen LogP contribution in [-0.4, -0.2) is 11.1 Å². The molecule has 0 bridgehead atoms. The summed E-state index contributed by atoms with van der Waals surface area (Å²) >= 11 is 0. The van der Waals surface area contributed by atoms with Gasteiger partial charge in [-0.05, 0) is 47.7 Å². The molecule has 0 unspecified atom stereocenters. The zero-order chi connectivity index (χ0) is 12.0. The summed E-state index contributed by atoms with van der Waals surface area (Å²) in [5, 5.41) is 11.6. The Bertz CT molecular complexity index is 609. The average Bonchev–Trinajstić information content (AvgIpc) is 3.10. The molecule has 2 nitrogen and oxygen atoms in total. The second-order valence-electron chi connectivity index (χ2n) is 4.90. The largest absolute Gasteiger partial charge is 0.481 e. The van der Waals surface area contributed by atoms with Crippen molar-refractivity contribution in [3.05, 3.63) is 47.5 Å². The SMILES string of the molecule is Cc1cccc2cc(C3(C(=O)O)CC3)ccc12. The van der Waals surface area contributed by atoms with E-state index in [0.29, 0.717) is 0 Å². The Labute approximate surface area is 99.9 Å². The van der Waals surface area contributed by atoms with Crippen LogP contribution in [0.15, 0.2) is 36.4 Å². The average molecular weight is 226 g/mol. The molecular formula is C15H14O2. The minimum atomic E-state index is -0.690. The van der Waals surface area contributed by atoms with E-state index in [1.54, 1.807) is 0 Å². The van der Waals surface area contributed by atoms with Gasteiger partial charge in [0.1, 0.15) is 0 Å². The monoisotopic (exact) mass is 226 g/mol. The van der Waals surface area contributed by atoms with E-state index >= 15 is 0 Å². The van der Waals surface area contributed by atoms with E-state index in [1.807, 2.05) is 30.3 Å². The van der Waals surface area contributed by atoms with Crippen molar-refractivity contribution < 1.29 is 9.90 Å². The van der Waals surface area contributed by atoms with E-state index in [1.165, 1.54) is 10.9 Å². The highest BCUT2D eigenvalue weighted by atomic mass is 16.4. The molecule has 0 radical (unpaired) electrons. The van der Waals surface area contributed by atoms with E-state index in [0.717, 1.165) is 23.8 Å². The third-order valence-electron chi connectivity index (χ3n) is 3.81. The van der Waals surface area contributed by atoms with Crippen LogP contribution in [0.5, 0.6) is 0 Å². The summed E-state index contributed by atoms with van der Waals surface area (Å²) in [5.41, 5.74) is 1.58. The molecule has 0 spiro atoms. The van der Waals surface area contributed by atoms with Crippen LogP contribution in [0.3, 0.4) is 0 Å². The molecule has 3 rings (SSSR count). The molecule has 1 N–H and O–H groups in total. The number of fused-ring (bicyclic) bond motifs is 1. The molecular weight excluding hydrogens is 212 g/mol. The first-order valence-electron chi connectivity index (χ1n) is 5.87. The molecule has 2 heteroatoms. The highest BCUT2D eigenvalue weighted by Gasteiger charge is 2.51. The fourth-order valence-corrected chi connectivity index (χ4v) is 2.49. The van der Waals surface area contributed by atoms with Crippen molar-refractivity contribution in [1.82, 2.24) is 0 Å². The van der Waals surface area contributed by atoms with Gasteiger partial charge in [0.25, 0.3) is 0 Å². The molecule has 0 aromatic heterocycles. The maximum atomic E-state index is 11.3. The third-order valence-corrected chi connectivity index (χ3v) is 3.81. The van der Waals surface area contributed by atoms with E-state index in [4.69, 9.17) is 0 Å². The number of benzene rings is 2. The molecule has 1 saturated carbocycles. The van der Waals surface area contributed by atoms with Gasteiger partial charge < -0.3 is 5.11 Å². The number of carboxylic acids is 1. The number of hydrogen-bond acceptors (Lipinski definition) is 1. The van der Waals surface area contributed by atoms with Crippen molar-refractivity contribution in [2.45, 2.75) is 25.2 Å². The van der Waals surface area contributed by atoms with Crippen LogP contribution in [0.4, 0.5) is 0 Å². The maximum Gasteiger partial charge on any atom is 0.314 e. The van der Waals surface area contributed by atoms with Crippen LogP contribution in [0.2, 0.25) is 0 Å². The lowest BCUT2D eigenvalue weighted by Crippen LogP contribution is -2.19. The summed E-state index contributed by atoms with van der Waals surface area (Å²) in [6.45, 7) is 2.08. The molecule has 0 aliphatic heterocycles. The van der Waals surface area contributed by atoms with Gasteiger partial charge >= 0.3 is 5.97 Å². The lowest BCUT2D eigenvalue weighted by Gasteiger charge is -2.11. The second kappa shape index (κ2) is 3.33. The Morgan fingerprint density at radius 1 is 1.24 bits per heavy atom. The fourth-order valence-electron chi connectivity index (χ4n) is 2.49. The fraction of sp³-hybridized carbons (Fsp3) is 0.267. The number of rotatable bonds is 2. The Hall–Kier alpha value is -1.83. The van der Waals surface area contributed by atoms with Crippen LogP contribution in [0, 0.1) is 6.92 Å². The van der Waals surface area contributed by atoms with Crippen molar-refractivity contribution >= 4 is 16.7 Å². The quantitative estimate of drug-likeness (QED) is 0.853. The Morgan fingerprint density at radius 3 is 2.65 bits per heavy atom. The predicted molar refractivity (Wildman–Crippen MR) is 67.2 cm³/mol. The molecule has 1 aliphatic carbocycles. The van der Waals surface area contributed by atoms with Crippen molar-refractivity contribution in [2.75, 3.05) is 0 Å². The Kier molecular flexibility index (Phi) is 2.02. The van der Waals surface area contributed by atoms with Crippen molar-refractivity contribution in [1.29, 1.82) is 0 Å². The lowest BCUT2D eigenvalue weighted by molar-refractivity contribution is -0.140. The summed E-state index contributed by atoms with van der Waals surface area (Å²) in [7, 11) is 0. The van der Waals surface area contributed by atoms with Crippen LogP contribution in [0.25, 0.3) is 10.8 Å². The molecule has 2 aromatic rings. The third kappa shape index (κ3) is 1.44. The zero-order valence-corrected chi connectivity index (χ0v) is 9.73. The van der Waals surface area contributed by atoms with Crippen LogP contribution >= 0.6 is 0 Å². The standard InChI is InChI=1S/C15H14O2/c1-10-3-2-4-11-9-12(5-6-13(10)11)15(7-8-15)14(16)17/h2-6,9H,7-8H2,1H3,(H,16,17). The smallest absolute Gasteiger partial charge is 0.314 e. The van der Waals surface area contributed by atoms with Crippen molar-refractivity contribution in [3.63, 3.8) is 0 Å². The summed E-state index contributed by atoms with van der Waals surface area (Å²) in [6.07, 6.45) is 1.53. The molecule has 0 saturated heterocycles. The molecule has 0 amide bonds. The van der Waals surface area contributed by atoms with E-state index in [2.05, 4.69) is 13.0 Å². The van der Waals surface area contributed by atoms with E-state index in [9.17, 15) is 9.90 Å².